The average Bonchev–Trinajstić information content (AvgIpc) is 2.36. The van der Waals surface area contributed by atoms with Crippen LogP contribution in [-0.4, -0.2) is 39.9 Å². The minimum absolute atomic E-state index is 0.0938. The molecule has 2 atom stereocenters. The van der Waals surface area contributed by atoms with Gasteiger partial charge in [-0.1, -0.05) is 12.1 Å². The van der Waals surface area contributed by atoms with Gasteiger partial charge in [-0.05, 0) is 17.7 Å². The van der Waals surface area contributed by atoms with Gasteiger partial charge in [0, 0.05) is 0 Å². The van der Waals surface area contributed by atoms with Gasteiger partial charge in [-0.25, -0.2) is 4.99 Å². The Labute approximate surface area is 109 Å². The molecule has 0 radical (unpaired) electrons. The molecule has 19 heavy (non-hydrogen) atoms. The Morgan fingerprint density at radius 3 is 2.16 bits per heavy atom. The van der Waals surface area contributed by atoms with Crippen LogP contribution in [0.4, 0.5) is 5.69 Å². The van der Waals surface area contributed by atoms with Crippen molar-refractivity contribution in [3.63, 3.8) is 0 Å². The van der Waals surface area contributed by atoms with E-state index in [-0.39, 0.29) is 11.9 Å². The second-order valence-electron chi connectivity index (χ2n) is 3.79. The van der Waals surface area contributed by atoms with Crippen molar-refractivity contribution in [1.82, 2.24) is 0 Å². The van der Waals surface area contributed by atoms with Gasteiger partial charge in [-0.15, -0.1) is 0 Å². The lowest BCUT2D eigenvalue weighted by atomic mass is 10.0. The van der Waals surface area contributed by atoms with Crippen molar-refractivity contribution < 1.29 is 15.3 Å². The van der Waals surface area contributed by atoms with Crippen LogP contribution >= 0.6 is 0 Å². The van der Waals surface area contributed by atoms with Gasteiger partial charge in [-0.2, -0.15) is 4.99 Å². The summed E-state index contributed by atoms with van der Waals surface area (Å²) >= 11 is 0. The molecule has 9 N–H and O–H groups in total. The van der Waals surface area contributed by atoms with Gasteiger partial charge in [0.25, 0.3) is 0 Å². The van der Waals surface area contributed by atoms with Gasteiger partial charge in [0.1, 0.15) is 12.2 Å². The van der Waals surface area contributed by atoms with E-state index in [0.717, 1.165) is 0 Å². The zero-order valence-electron chi connectivity index (χ0n) is 10.1. The Morgan fingerprint density at radius 1 is 1.11 bits per heavy atom. The Morgan fingerprint density at radius 2 is 1.68 bits per heavy atom. The van der Waals surface area contributed by atoms with Gasteiger partial charge in [-0.3, -0.25) is 0 Å². The van der Waals surface area contributed by atoms with Gasteiger partial charge < -0.3 is 32.5 Å². The Hall–Kier alpha value is -2.16. The summed E-state index contributed by atoms with van der Waals surface area (Å²) in [6.07, 6.45) is -2.40. The van der Waals surface area contributed by atoms with Gasteiger partial charge in [0.05, 0.1) is 12.3 Å². The molecule has 0 aromatic heterocycles. The van der Waals surface area contributed by atoms with Crippen molar-refractivity contribution >= 4 is 17.6 Å². The Kier molecular flexibility index (Phi) is 5.24. The van der Waals surface area contributed by atoms with E-state index >= 15 is 0 Å². The summed E-state index contributed by atoms with van der Waals surface area (Å²) in [6, 6.07) is 6.23. The zero-order valence-corrected chi connectivity index (χ0v) is 10.1. The van der Waals surface area contributed by atoms with E-state index in [1.54, 1.807) is 24.3 Å². The third kappa shape index (κ3) is 4.54. The van der Waals surface area contributed by atoms with Crippen molar-refractivity contribution in [3.05, 3.63) is 29.8 Å². The number of aliphatic hydroxyl groups excluding tert-OH is 3. The maximum Gasteiger partial charge on any atom is 0.223 e. The first-order valence-corrected chi connectivity index (χ1v) is 5.44. The lowest BCUT2D eigenvalue weighted by molar-refractivity contribution is -0.0152. The highest BCUT2D eigenvalue weighted by Gasteiger charge is 2.16. The number of benzene rings is 1. The molecule has 0 amide bonds. The fraction of sp³-hybridized carbons (Fsp3) is 0.273. The molecule has 0 heterocycles. The predicted molar refractivity (Wildman–Crippen MR) is 71.6 cm³/mol. The summed E-state index contributed by atoms with van der Waals surface area (Å²) in [4.78, 5) is 7.47. The minimum atomic E-state index is -1.24. The second-order valence-corrected chi connectivity index (χ2v) is 3.79. The zero-order chi connectivity index (χ0) is 14.4. The van der Waals surface area contributed by atoms with Crippen molar-refractivity contribution in [2.75, 3.05) is 6.61 Å². The molecular formula is C11H17N5O3. The molecule has 0 aliphatic heterocycles. The van der Waals surface area contributed by atoms with Gasteiger partial charge >= 0.3 is 0 Å². The molecule has 8 nitrogen and oxygen atoms in total. The van der Waals surface area contributed by atoms with Crippen LogP contribution < -0.4 is 17.2 Å². The highest BCUT2D eigenvalue weighted by atomic mass is 16.4. The summed E-state index contributed by atoms with van der Waals surface area (Å²) < 4.78 is 0. The number of hydrogen-bond acceptors (Lipinski definition) is 4. The van der Waals surface area contributed by atoms with Crippen LogP contribution in [0.2, 0.25) is 0 Å². The topological polar surface area (TPSA) is 163 Å². The monoisotopic (exact) mass is 267 g/mol. The summed E-state index contributed by atoms with van der Waals surface area (Å²) in [7, 11) is 0. The quantitative estimate of drug-likeness (QED) is 0.281. The van der Waals surface area contributed by atoms with E-state index in [1.807, 2.05) is 0 Å². The number of nitrogens with two attached hydrogens (primary N) is 3. The maximum atomic E-state index is 9.66. The van der Waals surface area contributed by atoms with E-state index in [9.17, 15) is 10.2 Å². The maximum absolute atomic E-state index is 9.66. The van der Waals surface area contributed by atoms with Crippen molar-refractivity contribution in [3.8, 4) is 0 Å². The lowest BCUT2D eigenvalue weighted by Crippen LogP contribution is -2.26. The largest absolute Gasteiger partial charge is 0.394 e. The molecule has 0 saturated heterocycles. The first-order chi connectivity index (χ1) is 8.93. The molecule has 0 saturated carbocycles. The molecule has 1 aromatic carbocycles. The highest BCUT2D eigenvalue weighted by Crippen LogP contribution is 2.20. The molecular weight excluding hydrogens is 250 g/mol. The van der Waals surface area contributed by atoms with Crippen LogP contribution in [0.25, 0.3) is 0 Å². The summed E-state index contributed by atoms with van der Waals surface area (Å²) in [6.45, 7) is -0.529. The molecule has 104 valence electrons. The average molecular weight is 267 g/mol. The number of hydrogen-bond donors (Lipinski definition) is 6. The van der Waals surface area contributed by atoms with E-state index < -0.39 is 18.8 Å². The fourth-order valence-corrected chi connectivity index (χ4v) is 1.36. The summed E-state index contributed by atoms with van der Waals surface area (Å²) in [5.41, 5.74) is 16.7. The number of aliphatic hydroxyl groups is 3. The SMILES string of the molecule is NC(N)=NC(N)=Nc1ccc(C(O)C(O)CO)cc1. The van der Waals surface area contributed by atoms with Crippen LogP contribution in [0, 0.1) is 0 Å². The van der Waals surface area contributed by atoms with Crippen molar-refractivity contribution in [2.45, 2.75) is 12.2 Å². The lowest BCUT2D eigenvalue weighted by Gasteiger charge is -2.15. The molecule has 0 aliphatic carbocycles. The molecule has 0 fully saturated rings. The van der Waals surface area contributed by atoms with E-state index in [2.05, 4.69) is 9.98 Å². The van der Waals surface area contributed by atoms with Crippen molar-refractivity contribution in [2.24, 2.45) is 27.2 Å². The third-order valence-corrected chi connectivity index (χ3v) is 2.27. The summed E-state index contributed by atoms with van der Waals surface area (Å²) in [5, 5.41) is 27.7. The van der Waals surface area contributed by atoms with Crippen molar-refractivity contribution in [1.29, 1.82) is 0 Å². The smallest absolute Gasteiger partial charge is 0.223 e. The van der Waals surface area contributed by atoms with E-state index in [1.165, 1.54) is 0 Å². The minimum Gasteiger partial charge on any atom is -0.394 e. The predicted octanol–water partition coefficient (Wildman–Crippen LogP) is -1.71. The highest BCUT2D eigenvalue weighted by molar-refractivity contribution is 5.93. The van der Waals surface area contributed by atoms with E-state index in [0.29, 0.717) is 11.3 Å². The Balaban J connectivity index is 2.85. The van der Waals surface area contributed by atoms with Crippen LogP contribution in [0.1, 0.15) is 11.7 Å². The molecule has 0 spiro atoms. The number of aliphatic imine (C=N–C) groups is 2. The first-order valence-electron chi connectivity index (χ1n) is 5.44. The molecule has 1 rings (SSSR count). The summed E-state index contributed by atoms with van der Waals surface area (Å²) in [5.74, 6) is -0.289. The standard InChI is InChI=1S/C11H17N5O3/c12-10(13)16-11(14)15-7-3-1-6(2-4-7)9(19)8(18)5-17/h1-4,8-9,17-19H,5H2,(H6,12,13,14,15,16). The molecule has 2 unspecified atom stereocenters. The molecule has 0 aliphatic rings. The molecule has 1 aromatic rings. The van der Waals surface area contributed by atoms with Gasteiger partial charge in [0.15, 0.2) is 5.96 Å². The Bertz CT molecular complexity index is 468. The number of rotatable bonds is 4. The first kappa shape index (κ1) is 14.9. The van der Waals surface area contributed by atoms with Gasteiger partial charge in [0.2, 0.25) is 5.96 Å². The van der Waals surface area contributed by atoms with E-state index in [4.69, 9.17) is 22.3 Å². The third-order valence-electron chi connectivity index (χ3n) is 2.27. The molecule has 8 heteroatoms. The number of nitrogens with zero attached hydrogens (tertiary/aromatic N) is 2. The van der Waals surface area contributed by atoms with Crippen LogP contribution in [0.5, 0.6) is 0 Å². The van der Waals surface area contributed by atoms with Crippen LogP contribution in [0.15, 0.2) is 34.3 Å². The second kappa shape index (κ2) is 6.69. The number of guanidine groups is 2. The van der Waals surface area contributed by atoms with Crippen LogP contribution in [0.3, 0.4) is 0 Å². The fourth-order valence-electron chi connectivity index (χ4n) is 1.36. The normalized spacial score (nSPS) is 14.8. The van der Waals surface area contributed by atoms with Crippen LogP contribution in [-0.2, 0) is 0 Å². The molecule has 0 bridgehead atoms.